The van der Waals surface area contributed by atoms with Crippen LogP contribution in [0.1, 0.15) is 42.3 Å². The van der Waals surface area contributed by atoms with Crippen LogP contribution in [-0.4, -0.2) is 33.3 Å². The molecule has 0 aliphatic carbocycles. The smallest absolute Gasteiger partial charge is 0.356 e. The molecule has 1 N–H and O–H groups in total. The number of hydrogen-bond acceptors (Lipinski definition) is 4. The molecule has 0 spiro atoms. The number of carbonyl (C=O) groups is 1. The zero-order valence-electron chi connectivity index (χ0n) is 10.3. The quantitative estimate of drug-likeness (QED) is 0.796. The Labute approximate surface area is 100 Å². The van der Waals surface area contributed by atoms with E-state index < -0.39 is 0 Å². The zero-order valence-corrected chi connectivity index (χ0v) is 10.3. The van der Waals surface area contributed by atoms with Gasteiger partial charge in [-0.25, -0.2) is 9.78 Å². The summed E-state index contributed by atoms with van der Waals surface area (Å²) >= 11 is 0. The Kier molecular flexibility index (Phi) is 3.47. The van der Waals surface area contributed by atoms with Crippen molar-refractivity contribution < 1.29 is 14.6 Å². The molecule has 2 rings (SSSR count). The predicted molar refractivity (Wildman–Crippen MR) is 61.9 cm³/mol. The topological polar surface area (TPSA) is 64.3 Å². The second kappa shape index (κ2) is 4.87. The summed E-state index contributed by atoms with van der Waals surface area (Å²) in [5, 5.41) is 9.60. The van der Waals surface area contributed by atoms with Crippen LogP contribution in [0.25, 0.3) is 0 Å². The van der Waals surface area contributed by atoms with E-state index >= 15 is 0 Å². The van der Waals surface area contributed by atoms with E-state index in [2.05, 4.69) is 4.98 Å². The predicted octanol–water partition coefficient (Wildman–Crippen LogP) is 0.929. The largest absolute Gasteiger partial charge is 0.461 e. The van der Waals surface area contributed by atoms with Gasteiger partial charge in [0.05, 0.1) is 18.4 Å². The molecule has 1 aromatic heterocycles. The van der Waals surface area contributed by atoms with Gasteiger partial charge in [0.15, 0.2) is 5.69 Å². The number of imidazole rings is 1. The van der Waals surface area contributed by atoms with E-state index in [0.29, 0.717) is 38.1 Å². The fraction of sp³-hybridized carbons (Fsp3) is 0.667. The molecule has 0 amide bonds. The van der Waals surface area contributed by atoms with E-state index in [0.717, 1.165) is 11.5 Å². The number of rotatable bonds is 3. The lowest BCUT2D eigenvalue weighted by Crippen LogP contribution is -2.25. The number of ether oxygens (including phenoxy) is 1. The first kappa shape index (κ1) is 12.1. The second-order valence-corrected chi connectivity index (χ2v) is 4.20. The normalized spacial score (nSPS) is 18.9. The van der Waals surface area contributed by atoms with Crippen molar-refractivity contribution in [2.75, 3.05) is 6.61 Å². The van der Waals surface area contributed by atoms with Gasteiger partial charge in [-0.1, -0.05) is 6.92 Å². The molecule has 94 valence electrons. The number of aliphatic hydroxyl groups excluding tert-OH is 1. The lowest BCUT2D eigenvalue weighted by molar-refractivity contribution is 0.0506. The van der Waals surface area contributed by atoms with E-state index in [1.165, 1.54) is 0 Å². The first-order chi connectivity index (χ1) is 8.17. The average molecular weight is 238 g/mol. The van der Waals surface area contributed by atoms with E-state index in [-0.39, 0.29) is 12.1 Å². The second-order valence-electron chi connectivity index (χ2n) is 4.20. The fourth-order valence-electron chi connectivity index (χ4n) is 2.22. The Balaban J connectivity index is 2.39. The third kappa shape index (κ3) is 2.20. The highest BCUT2D eigenvalue weighted by Crippen LogP contribution is 2.21. The maximum atomic E-state index is 11.9. The van der Waals surface area contributed by atoms with Crippen molar-refractivity contribution in [1.29, 1.82) is 0 Å². The SMILES string of the molecule is CCOC(=O)c1c(CC)nc2n1CCC(O)C2. The highest BCUT2D eigenvalue weighted by Gasteiger charge is 2.27. The standard InChI is InChI=1S/C12H18N2O3/c1-3-9-11(12(16)17-4-2)14-6-5-8(15)7-10(14)13-9/h8,15H,3-7H2,1-2H3. The average Bonchev–Trinajstić information content (AvgIpc) is 2.66. The van der Waals surface area contributed by atoms with E-state index in [1.54, 1.807) is 6.92 Å². The highest BCUT2D eigenvalue weighted by molar-refractivity contribution is 5.89. The molecule has 5 heteroatoms. The monoisotopic (exact) mass is 238 g/mol. The number of fused-ring (bicyclic) bond motifs is 1. The molecular weight excluding hydrogens is 220 g/mol. The molecule has 0 saturated carbocycles. The molecule has 1 aliphatic rings. The van der Waals surface area contributed by atoms with E-state index in [1.807, 2.05) is 11.5 Å². The molecule has 0 saturated heterocycles. The summed E-state index contributed by atoms with van der Waals surface area (Å²) in [5.74, 6) is 0.489. The van der Waals surface area contributed by atoms with Crippen LogP contribution in [0, 0.1) is 0 Å². The summed E-state index contributed by atoms with van der Waals surface area (Å²) in [6.45, 7) is 4.76. The third-order valence-corrected chi connectivity index (χ3v) is 3.03. The summed E-state index contributed by atoms with van der Waals surface area (Å²) in [5.41, 5.74) is 1.34. The van der Waals surface area contributed by atoms with E-state index in [4.69, 9.17) is 4.74 Å². The van der Waals surface area contributed by atoms with Gasteiger partial charge in [-0.3, -0.25) is 0 Å². The number of aryl methyl sites for hydroxylation is 1. The van der Waals surface area contributed by atoms with Crippen LogP contribution in [-0.2, 0) is 24.1 Å². The Morgan fingerprint density at radius 1 is 1.59 bits per heavy atom. The van der Waals surface area contributed by atoms with Gasteiger partial charge >= 0.3 is 5.97 Å². The van der Waals surface area contributed by atoms with Gasteiger partial charge in [-0.15, -0.1) is 0 Å². The minimum absolute atomic E-state index is 0.306. The van der Waals surface area contributed by atoms with Gasteiger partial charge in [0.1, 0.15) is 5.82 Å². The van der Waals surface area contributed by atoms with Crippen molar-refractivity contribution in [2.45, 2.75) is 45.8 Å². The van der Waals surface area contributed by atoms with Crippen molar-refractivity contribution in [3.8, 4) is 0 Å². The summed E-state index contributed by atoms with van der Waals surface area (Å²) in [7, 11) is 0. The number of aliphatic hydroxyl groups is 1. The molecule has 1 unspecified atom stereocenters. The van der Waals surface area contributed by atoms with Crippen LogP contribution in [0.4, 0.5) is 0 Å². The first-order valence-electron chi connectivity index (χ1n) is 6.10. The van der Waals surface area contributed by atoms with Gasteiger partial charge in [-0.2, -0.15) is 0 Å². The summed E-state index contributed by atoms with van der Waals surface area (Å²) in [6.07, 6.45) is 1.54. The summed E-state index contributed by atoms with van der Waals surface area (Å²) in [4.78, 5) is 16.3. The molecule has 2 heterocycles. The Morgan fingerprint density at radius 2 is 2.35 bits per heavy atom. The summed E-state index contributed by atoms with van der Waals surface area (Å²) in [6, 6.07) is 0. The van der Waals surface area contributed by atoms with Crippen molar-refractivity contribution in [3.63, 3.8) is 0 Å². The molecule has 1 aliphatic heterocycles. The lowest BCUT2D eigenvalue weighted by Gasteiger charge is -2.20. The van der Waals surface area contributed by atoms with Gasteiger partial charge in [0, 0.05) is 13.0 Å². The molecule has 1 atom stereocenters. The van der Waals surface area contributed by atoms with E-state index in [9.17, 15) is 9.90 Å². The maximum Gasteiger partial charge on any atom is 0.356 e. The molecule has 0 aromatic carbocycles. The number of esters is 1. The summed E-state index contributed by atoms with van der Waals surface area (Å²) < 4.78 is 6.95. The van der Waals surface area contributed by atoms with Crippen LogP contribution < -0.4 is 0 Å². The first-order valence-corrected chi connectivity index (χ1v) is 6.10. The number of nitrogens with zero attached hydrogens (tertiary/aromatic N) is 2. The maximum absolute atomic E-state index is 11.9. The van der Waals surface area contributed by atoms with Crippen LogP contribution in [0.5, 0.6) is 0 Å². The molecule has 1 aromatic rings. The minimum atomic E-state index is -0.343. The Hall–Kier alpha value is -1.36. The Bertz CT molecular complexity index is 426. The van der Waals surface area contributed by atoms with Crippen LogP contribution in [0.2, 0.25) is 0 Å². The third-order valence-electron chi connectivity index (χ3n) is 3.03. The Morgan fingerprint density at radius 3 is 3.00 bits per heavy atom. The van der Waals surface area contributed by atoms with Crippen molar-refractivity contribution in [3.05, 3.63) is 17.2 Å². The van der Waals surface area contributed by atoms with Crippen LogP contribution in [0.3, 0.4) is 0 Å². The lowest BCUT2D eigenvalue weighted by atomic mass is 10.1. The van der Waals surface area contributed by atoms with Gasteiger partial charge in [0.25, 0.3) is 0 Å². The molecule has 0 bridgehead atoms. The van der Waals surface area contributed by atoms with Gasteiger partial charge < -0.3 is 14.4 Å². The van der Waals surface area contributed by atoms with Crippen molar-refractivity contribution in [1.82, 2.24) is 9.55 Å². The van der Waals surface area contributed by atoms with Gasteiger partial charge in [0.2, 0.25) is 0 Å². The number of carbonyl (C=O) groups excluding carboxylic acids is 1. The molecular formula is C12H18N2O3. The minimum Gasteiger partial charge on any atom is -0.461 e. The molecule has 0 radical (unpaired) electrons. The molecule has 0 fully saturated rings. The molecule has 17 heavy (non-hydrogen) atoms. The van der Waals surface area contributed by atoms with Crippen molar-refractivity contribution >= 4 is 5.97 Å². The van der Waals surface area contributed by atoms with Gasteiger partial charge in [-0.05, 0) is 19.8 Å². The molecule has 5 nitrogen and oxygen atoms in total. The van der Waals surface area contributed by atoms with Crippen LogP contribution in [0.15, 0.2) is 0 Å². The fourth-order valence-corrected chi connectivity index (χ4v) is 2.22. The van der Waals surface area contributed by atoms with Crippen molar-refractivity contribution in [2.24, 2.45) is 0 Å². The number of aromatic nitrogens is 2. The van der Waals surface area contributed by atoms with Crippen LogP contribution >= 0.6 is 0 Å². The highest BCUT2D eigenvalue weighted by atomic mass is 16.5. The number of hydrogen-bond donors (Lipinski definition) is 1. The zero-order chi connectivity index (χ0) is 12.4.